The molecule has 0 atom stereocenters. The molecule has 6 nitrogen and oxygen atoms in total. The number of anilines is 1. The fourth-order valence-corrected chi connectivity index (χ4v) is 2.54. The summed E-state index contributed by atoms with van der Waals surface area (Å²) in [7, 11) is 3.22. The standard InChI is InChI=1S/C19H25N3O3/c1-5-22(6-2)19(23)15-10-16(13-20-12-15)21-11-14-7-8-17(24-3)18(9-14)25-4/h7-10,12-13,21H,5-6,11H2,1-4H3. The van der Waals surface area contributed by atoms with Crippen molar-refractivity contribution < 1.29 is 14.3 Å². The van der Waals surface area contributed by atoms with E-state index in [9.17, 15) is 4.79 Å². The van der Waals surface area contributed by atoms with Gasteiger partial charge in [-0.1, -0.05) is 6.07 Å². The number of benzene rings is 1. The van der Waals surface area contributed by atoms with Crippen LogP contribution < -0.4 is 14.8 Å². The van der Waals surface area contributed by atoms with E-state index >= 15 is 0 Å². The molecule has 0 spiro atoms. The number of nitrogens with zero attached hydrogens (tertiary/aromatic N) is 2. The van der Waals surface area contributed by atoms with Crippen molar-refractivity contribution in [1.29, 1.82) is 0 Å². The zero-order chi connectivity index (χ0) is 18.2. The van der Waals surface area contributed by atoms with Crippen LogP contribution in [0.15, 0.2) is 36.7 Å². The smallest absolute Gasteiger partial charge is 0.255 e. The van der Waals surface area contributed by atoms with Crippen LogP contribution in [-0.4, -0.2) is 43.1 Å². The van der Waals surface area contributed by atoms with Gasteiger partial charge in [0.25, 0.3) is 5.91 Å². The summed E-state index contributed by atoms with van der Waals surface area (Å²) < 4.78 is 10.6. The number of carbonyl (C=O) groups excluding carboxylic acids is 1. The third-order valence-electron chi connectivity index (χ3n) is 3.98. The number of hydrogen-bond donors (Lipinski definition) is 1. The Bertz CT molecular complexity index is 715. The minimum absolute atomic E-state index is 0.00716. The molecule has 0 aliphatic carbocycles. The molecule has 2 aromatic rings. The summed E-state index contributed by atoms with van der Waals surface area (Å²) in [4.78, 5) is 18.4. The molecule has 2 rings (SSSR count). The fourth-order valence-electron chi connectivity index (χ4n) is 2.54. The Morgan fingerprint density at radius 3 is 2.44 bits per heavy atom. The van der Waals surface area contributed by atoms with E-state index in [-0.39, 0.29) is 5.91 Å². The van der Waals surface area contributed by atoms with Crippen molar-refractivity contribution in [2.24, 2.45) is 0 Å². The van der Waals surface area contributed by atoms with E-state index in [2.05, 4.69) is 10.3 Å². The van der Waals surface area contributed by atoms with Crippen molar-refractivity contribution >= 4 is 11.6 Å². The average molecular weight is 343 g/mol. The molecule has 134 valence electrons. The molecule has 0 saturated heterocycles. The number of carbonyl (C=O) groups is 1. The summed E-state index contributed by atoms with van der Waals surface area (Å²) in [5, 5.41) is 3.29. The van der Waals surface area contributed by atoms with Gasteiger partial charge in [-0.3, -0.25) is 9.78 Å². The summed E-state index contributed by atoms with van der Waals surface area (Å²) in [6.07, 6.45) is 3.31. The molecule has 1 N–H and O–H groups in total. The summed E-state index contributed by atoms with van der Waals surface area (Å²) in [5.41, 5.74) is 2.42. The number of amides is 1. The van der Waals surface area contributed by atoms with Gasteiger partial charge in [-0.25, -0.2) is 0 Å². The van der Waals surface area contributed by atoms with Crippen LogP contribution in [0.3, 0.4) is 0 Å². The largest absolute Gasteiger partial charge is 0.493 e. The number of pyridine rings is 1. The minimum atomic E-state index is -0.00716. The van der Waals surface area contributed by atoms with E-state index in [4.69, 9.17) is 9.47 Å². The van der Waals surface area contributed by atoms with E-state index in [1.165, 1.54) is 0 Å². The highest BCUT2D eigenvalue weighted by molar-refractivity contribution is 5.94. The monoisotopic (exact) mass is 343 g/mol. The lowest BCUT2D eigenvalue weighted by Gasteiger charge is -2.18. The summed E-state index contributed by atoms with van der Waals surface area (Å²) in [5.74, 6) is 1.37. The molecule has 25 heavy (non-hydrogen) atoms. The maximum Gasteiger partial charge on any atom is 0.255 e. The second-order valence-corrected chi connectivity index (χ2v) is 5.48. The highest BCUT2D eigenvalue weighted by Crippen LogP contribution is 2.27. The first-order valence-electron chi connectivity index (χ1n) is 8.32. The Balaban J connectivity index is 2.09. The first-order chi connectivity index (χ1) is 12.1. The molecule has 1 heterocycles. The second kappa shape index (κ2) is 8.92. The topological polar surface area (TPSA) is 63.7 Å². The quantitative estimate of drug-likeness (QED) is 0.797. The van der Waals surface area contributed by atoms with Crippen molar-refractivity contribution in [1.82, 2.24) is 9.88 Å². The van der Waals surface area contributed by atoms with E-state index in [0.29, 0.717) is 36.7 Å². The Labute approximate surface area is 148 Å². The van der Waals surface area contributed by atoms with Crippen LogP contribution in [-0.2, 0) is 6.54 Å². The van der Waals surface area contributed by atoms with Crippen molar-refractivity contribution in [3.8, 4) is 11.5 Å². The van der Waals surface area contributed by atoms with Crippen LogP contribution in [0.4, 0.5) is 5.69 Å². The predicted octanol–water partition coefficient (Wildman–Crippen LogP) is 3.19. The van der Waals surface area contributed by atoms with Gasteiger partial charge in [0.1, 0.15) is 0 Å². The van der Waals surface area contributed by atoms with Gasteiger partial charge in [0.15, 0.2) is 11.5 Å². The van der Waals surface area contributed by atoms with Gasteiger partial charge < -0.3 is 19.7 Å². The molecule has 1 aromatic carbocycles. The maximum atomic E-state index is 12.4. The molecule has 0 fully saturated rings. The first-order valence-corrected chi connectivity index (χ1v) is 8.32. The number of nitrogens with one attached hydrogen (secondary N) is 1. The molecule has 0 aliphatic rings. The lowest BCUT2D eigenvalue weighted by molar-refractivity contribution is 0.0772. The Kier molecular flexibility index (Phi) is 6.62. The van der Waals surface area contributed by atoms with Crippen LogP contribution in [0.25, 0.3) is 0 Å². The molecule has 0 aliphatic heterocycles. The van der Waals surface area contributed by atoms with E-state index < -0.39 is 0 Å². The van der Waals surface area contributed by atoms with Crippen molar-refractivity contribution in [3.63, 3.8) is 0 Å². The van der Waals surface area contributed by atoms with Crippen molar-refractivity contribution in [3.05, 3.63) is 47.8 Å². The van der Waals surface area contributed by atoms with Crippen molar-refractivity contribution in [2.75, 3.05) is 32.6 Å². The van der Waals surface area contributed by atoms with Crippen LogP contribution in [0, 0.1) is 0 Å². The molecule has 0 radical (unpaired) electrons. The molecular formula is C19H25N3O3. The van der Waals surface area contributed by atoms with Crippen LogP contribution >= 0.6 is 0 Å². The average Bonchev–Trinajstić information content (AvgIpc) is 2.67. The summed E-state index contributed by atoms with van der Waals surface area (Å²) in [6, 6.07) is 7.58. The van der Waals surface area contributed by atoms with Gasteiger partial charge in [-0.05, 0) is 37.6 Å². The van der Waals surface area contributed by atoms with Crippen molar-refractivity contribution in [2.45, 2.75) is 20.4 Å². The summed E-state index contributed by atoms with van der Waals surface area (Å²) >= 11 is 0. The minimum Gasteiger partial charge on any atom is -0.493 e. The number of methoxy groups -OCH3 is 2. The molecule has 0 bridgehead atoms. The van der Waals surface area contributed by atoms with Crippen LogP contribution in [0.5, 0.6) is 11.5 Å². The maximum absolute atomic E-state index is 12.4. The number of rotatable bonds is 8. The Hall–Kier alpha value is -2.76. The lowest BCUT2D eigenvalue weighted by atomic mass is 10.2. The highest BCUT2D eigenvalue weighted by Gasteiger charge is 2.13. The second-order valence-electron chi connectivity index (χ2n) is 5.48. The summed E-state index contributed by atoms with van der Waals surface area (Å²) in [6.45, 7) is 5.88. The third-order valence-corrected chi connectivity index (χ3v) is 3.98. The van der Waals surface area contributed by atoms with Crippen LogP contribution in [0.1, 0.15) is 29.8 Å². The zero-order valence-electron chi connectivity index (χ0n) is 15.2. The van der Waals surface area contributed by atoms with Gasteiger partial charge >= 0.3 is 0 Å². The molecule has 6 heteroatoms. The lowest BCUT2D eigenvalue weighted by Crippen LogP contribution is -2.30. The number of aromatic nitrogens is 1. The Morgan fingerprint density at radius 2 is 1.80 bits per heavy atom. The van der Waals surface area contributed by atoms with Gasteiger partial charge in [0.2, 0.25) is 0 Å². The first kappa shape index (κ1) is 18.6. The van der Waals surface area contributed by atoms with E-state index in [0.717, 1.165) is 11.3 Å². The highest BCUT2D eigenvalue weighted by atomic mass is 16.5. The number of ether oxygens (including phenoxy) is 2. The predicted molar refractivity (Wildman–Crippen MR) is 98.4 cm³/mol. The molecular weight excluding hydrogens is 318 g/mol. The fraction of sp³-hybridized carbons (Fsp3) is 0.368. The van der Waals surface area contributed by atoms with Gasteiger partial charge in [-0.2, -0.15) is 0 Å². The van der Waals surface area contributed by atoms with Gasteiger partial charge in [0, 0.05) is 32.0 Å². The Morgan fingerprint density at radius 1 is 1.08 bits per heavy atom. The van der Waals surface area contributed by atoms with E-state index in [1.807, 2.05) is 38.1 Å². The molecule has 1 amide bonds. The van der Waals surface area contributed by atoms with E-state index in [1.54, 1.807) is 31.5 Å². The third kappa shape index (κ3) is 4.62. The SMILES string of the molecule is CCN(CC)C(=O)c1cncc(NCc2ccc(OC)c(OC)c2)c1. The number of hydrogen-bond acceptors (Lipinski definition) is 5. The molecule has 0 unspecified atom stereocenters. The van der Waals surface area contributed by atoms with Gasteiger partial charge in [-0.15, -0.1) is 0 Å². The van der Waals surface area contributed by atoms with Gasteiger partial charge in [0.05, 0.1) is 25.5 Å². The van der Waals surface area contributed by atoms with Crippen LogP contribution in [0.2, 0.25) is 0 Å². The zero-order valence-corrected chi connectivity index (χ0v) is 15.2. The normalized spacial score (nSPS) is 10.2. The molecule has 0 saturated carbocycles. The molecule has 1 aromatic heterocycles.